The molecule has 25 heavy (non-hydrogen) atoms. The first-order valence-electron chi connectivity index (χ1n) is 7.46. The number of rotatable bonds is 6. The summed E-state index contributed by atoms with van der Waals surface area (Å²) in [6.07, 6.45) is 0. The summed E-state index contributed by atoms with van der Waals surface area (Å²) in [6, 6.07) is 8.55. The number of carbonyl (C=O) groups is 1. The van der Waals surface area contributed by atoms with Crippen LogP contribution in [0.1, 0.15) is 12.5 Å². The lowest BCUT2D eigenvalue weighted by molar-refractivity contribution is -0.117. The van der Waals surface area contributed by atoms with Crippen molar-refractivity contribution in [2.75, 3.05) is 12.4 Å². The number of hydrogen-bond donors (Lipinski definition) is 2. The normalized spacial score (nSPS) is 12.5. The number of ether oxygens (including phenoxy) is 1. The molecule has 0 aliphatic rings. The lowest BCUT2D eigenvalue weighted by atomic mass is 10.2. The second-order valence-electron chi connectivity index (χ2n) is 5.49. The first-order chi connectivity index (χ1) is 11.7. The summed E-state index contributed by atoms with van der Waals surface area (Å²) in [5.41, 5.74) is 1.36. The minimum absolute atomic E-state index is 0.123. The number of anilines is 1. The maximum absolute atomic E-state index is 12.9. The Morgan fingerprint density at radius 2 is 1.80 bits per heavy atom. The Morgan fingerprint density at radius 3 is 2.40 bits per heavy atom. The molecule has 6 nitrogen and oxygen atoms in total. The van der Waals surface area contributed by atoms with Crippen molar-refractivity contribution >= 4 is 21.6 Å². The number of halogens is 1. The van der Waals surface area contributed by atoms with E-state index in [0.717, 1.165) is 29.8 Å². The molecule has 1 amide bonds. The quantitative estimate of drug-likeness (QED) is 0.822. The van der Waals surface area contributed by atoms with Crippen molar-refractivity contribution in [3.63, 3.8) is 0 Å². The Balaban J connectivity index is 2.12. The molecule has 2 aromatic rings. The van der Waals surface area contributed by atoms with Crippen molar-refractivity contribution in [3.05, 3.63) is 53.8 Å². The largest absolute Gasteiger partial charge is 0.495 e. The molecule has 1 atom stereocenters. The summed E-state index contributed by atoms with van der Waals surface area (Å²) in [5, 5.41) is 2.63. The summed E-state index contributed by atoms with van der Waals surface area (Å²) < 4.78 is 44.9. The van der Waals surface area contributed by atoms with Crippen LogP contribution >= 0.6 is 0 Å². The predicted octanol–water partition coefficient (Wildman–Crippen LogP) is 2.45. The standard InChI is InChI=1S/C17H19FN2O4S/c1-11-4-9-16(24-3)15(10-11)19-17(21)12(2)20-25(22,23)14-7-5-13(18)6-8-14/h4-10,12,20H,1-3H3,(H,19,21)/t12-/m0/s1. The average Bonchev–Trinajstić information content (AvgIpc) is 2.55. The van der Waals surface area contributed by atoms with Gasteiger partial charge in [-0.15, -0.1) is 0 Å². The maximum Gasteiger partial charge on any atom is 0.242 e. The third-order valence-electron chi connectivity index (χ3n) is 3.46. The van der Waals surface area contributed by atoms with Crippen LogP contribution in [0.2, 0.25) is 0 Å². The van der Waals surface area contributed by atoms with Gasteiger partial charge in [-0.25, -0.2) is 12.8 Å². The van der Waals surface area contributed by atoms with E-state index in [-0.39, 0.29) is 4.90 Å². The van der Waals surface area contributed by atoms with Gasteiger partial charge in [0.2, 0.25) is 15.9 Å². The van der Waals surface area contributed by atoms with Gasteiger partial charge in [-0.05, 0) is 55.8 Å². The molecule has 0 bridgehead atoms. The van der Waals surface area contributed by atoms with Crippen LogP contribution in [-0.4, -0.2) is 27.5 Å². The smallest absolute Gasteiger partial charge is 0.242 e. The Kier molecular flexibility index (Phi) is 5.76. The fraction of sp³-hybridized carbons (Fsp3) is 0.235. The molecule has 0 aliphatic heterocycles. The third kappa shape index (κ3) is 4.77. The molecule has 8 heteroatoms. The fourth-order valence-corrected chi connectivity index (χ4v) is 3.33. The Bertz CT molecular complexity index is 867. The highest BCUT2D eigenvalue weighted by molar-refractivity contribution is 7.89. The van der Waals surface area contributed by atoms with Crippen LogP contribution in [-0.2, 0) is 14.8 Å². The van der Waals surface area contributed by atoms with Crippen LogP contribution in [0.25, 0.3) is 0 Å². The Hall–Kier alpha value is -2.45. The predicted molar refractivity (Wildman–Crippen MR) is 92.5 cm³/mol. The monoisotopic (exact) mass is 366 g/mol. The minimum Gasteiger partial charge on any atom is -0.495 e. The first kappa shape index (κ1) is 18.9. The SMILES string of the molecule is COc1ccc(C)cc1NC(=O)[C@H](C)NS(=O)(=O)c1ccc(F)cc1. The van der Waals surface area contributed by atoms with E-state index in [1.54, 1.807) is 12.1 Å². The zero-order chi connectivity index (χ0) is 18.6. The molecule has 2 N–H and O–H groups in total. The molecule has 0 fully saturated rings. The molecule has 0 saturated heterocycles. The summed E-state index contributed by atoms with van der Waals surface area (Å²) >= 11 is 0. The lowest BCUT2D eigenvalue weighted by Crippen LogP contribution is -2.41. The highest BCUT2D eigenvalue weighted by Crippen LogP contribution is 2.25. The molecule has 0 saturated carbocycles. The fourth-order valence-electron chi connectivity index (χ4n) is 2.13. The zero-order valence-electron chi connectivity index (χ0n) is 14.0. The van der Waals surface area contributed by atoms with Crippen molar-refractivity contribution < 1.29 is 22.3 Å². The van der Waals surface area contributed by atoms with E-state index in [1.807, 2.05) is 13.0 Å². The maximum atomic E-state index is 12.9. The van der Waals surface area contributed by atoms with E-state index in [1.165, 1.54) is 14.0 Å². The van der Waals surface area contributed by atoms with E-state index >= 15 is 0 Å². The molecule has 0 aromatic heterocycles. The minimum atomic E-state index is -3.95. The number of benzene rings is 2. The Morgan fingerprint density at radius 1 is 1.16 bits per heavy atom. The second-order valence-corrected chi connectivity index (χ2v) is 7.20. The first-order valence-corrected chi connectivity index (χ1v) is 8.94. The van der Waals surface area contributed by atoms with Gasteiger partial charge in [-0.1, -0.05) is 6.07 Å². The van der Waals surface area contributed by atoms with Crippen LogP contribution in [0.15, 0.2) is 47.4 Å². The third-order valence-corrected chi connectivity index (χ3v) is 5.02. The lowest BCUT2D eigenvalue weighted by Gasteiger charge is -2.16. The van der Waals surface area contributed by atoms with Crippen molar-refractivity contribution in [1.82, 2.24) is 4.72 Å². The van der Waals surface area contributed by atoms with Crippen molar-refractivity contribution in [3.8, 4) is 5.75 Å². The number of hydrogen-bond acceptors (Lipinski definition) is 4. The molecule has 0 radical (unpaired) electrons. The summed E-state index contributed by atoms with van der Waals surface area (Å²) in [4.78, 5) is 12.2. The van der Waals surface area contributed by atoms with Crippen LogP contribution in [0.4, 0.5) is 10.1 Å². The van der Waals surface area contributed by atoms with Crippen molar-refractivity contribution in [1.29, 1.82) is 0 Å². The van der Waals surface area contributed by atoms with Crippen LogP contribution < -0.4 is 14.8 Å². The topological polar surface area (TPSA) is 84.5 Å². The molecule has 134 valence electrons. The molecule has 2 aromatic carbocycles. The summed E-state index contributed by atoms with van der Waals surface area (Å²) in [5.74, 6) is -0.626. The zero-order valence-corrected chi connectivity index (χ0v) is 14.9. The van der Waals surface area contributed by atoms with E-state index < -0.39 is 27.8 Å². The van der Waals surface area contributed by atoms with E-state index in [0.29, 0.717) is 11.4 Å². The molecule has 0 spiro atoms. The van der Waals surface area contributed by atoms with E-state index in [9.17, 15) is 17.6 Å². The molecule has 2 rings (SSSR count). The van der Waals surface area contributed by atoms with Gasteiger partial charge in [0.15, 0.2) is 0 Å². The van der Waals surface area contributed by atoms with Gasteiger partial charge in [-0.3, -0.25) is 4.79 Å². The number of amides is 1. The van der Waals surface area contributed by atoms with Gasteiger partial charge < -0.3 is 10.1 Å². The molecular formula is C17H19FN2O4S. The van der Waals surface area contributed by atoms with Gasteiger partial charge in [-0.2, -0.15) is 4.72 Å². The summed E-state index contributed by atoms with van der Waals surface area (Å²) in [7, 11) is -2.47. The van der Waals surface area contributed by atoms with Gasteiger partial charge in [0, 0.05) is 0 Å². The van der Waals surface area contributed by atoms with E-state index in [2.05, 4.69) is 10.0 Å². The second kappa shape index (κ2) is 7.62. The van der Waals surface area contributed by atoms with Crippen LogP contribution in [0.3, 0.4) is 0 Å². The highest BCUT2D eigenvalue weighted by atomic mass is 32.2. The van der Waals surface area contributed by atoms with E-state index in [4.69, 9.17) is 4.74 Å². The van der Waals surface area contributed by atoms with Gasteiger partial charge >= 0.3 is 0 Å². The molecule has 0 unspecified atom stereocenters. The van der Waals surface area contributed by atoms with Gasteiger partial charge in [0.1, 0.15) is 11.6 Å². The number of carbonyl (C=O) groups excluding carboxylic acids is 1. The summed E-state index contributed by atoms with van der Waals surface area (Å²) in [6.45, 7) is 3.27. The van der Waals surface area contributed by atoms with Crippen LogP contribution in [0.5, 0.6) is 5.75 Å². The van der Waals surface area contributed by atoms with Crippen molar-refractivity contribution in [2.24, 2.45) is 0 Å². The number of nitrogens with one attached hydrogen (secondary N) is 2. The van der Waals surface area contributed by atoms with Gasteiger partial charge in [0.25, 0.3) is 0 Å². The highest BCUT2D eigenvalue weighted by Gasteiger charge is 2.22. The Labute approximate surface area is 146 Å². The number of aryl methyl sites for hydroxylation is 1. The number of methoxy groups -OCH3 is 1. The molecule has 0 aliphatic carbocycles. The number of sulfonamides is 1. The molecular weight excluding hydrogens is 347 g/mol. The van der Waals surface area contributed by atoms with Gasteiger partial charge in [0.05, 0.1) is 23.7 Å². The van der Waals surface area contributed by atoms with Crippen LogP contribution in [0, 0.1) is 12.7 Å². The molecule has 0 heterocycles. The van der Waals surface area contributed by atoms with Crippen molar-refractivity contribution in [2.45, 2.75) is 24.8 Å². The average molecular weight is 366 g/mol.